The topological polar surface area (TPSA) is 54.9 Å². The SMILES string of the molecule is CCNC(=NCCOC)NCCc1cccc(OC)c1.I. The zero-order valence-corrected chi connectivity index (χ0v) is 15.3. The van der Waals surface area contributed by atoms with E-state index in [1.165, 1.54) is 5.56 Å². The van der Waals surface area contributed by atoms with Gasteiger partial charge in [-0.15, -0.1) is 24.0 Å². The van der Waals surface area contributed by atoms with Crippen molar-refractivity contribution in [2.24, 2.45) is 4.99 Å². The quantitative estimate of drug-likeness (QED) is 0.300. The van der Waals surface area contributed by atoms with E-state index in [4.69, 9.17) is 9.47 Å². The maximum atomic E-state index is 5.22. The lowest BCUT2D eigenvalue weighted by molar-refractivity contribution is 0.208. The summed E-state index contributed by atoms with van der Waals surface area (Å²) in [6.07, 6.45) is 0.923. The molecule has 1 aromatic carbocycles. The van der Waals surface area contributed by atoms with Crippen LogP contribution in [0.5, 0.6) is 5.75 Å². The molecule has 2 N–H and O–H groups in total. The first-order chi connectivity index (χ1) is 9.80. The number of nitrogens with one attached hydrogen (secondary N) is 2. The highest BCUT2D eigenvalue weighted by molar-refractivity contribution is 14.0. The summed E-state index contributed by atoms with van der Waals surface area (Å²) in [5, 5.41) is 6.52. The van der Waals surface area contributed by atoms with Crippen LogP contribution in [0.25, 0.3) is 0 Å². The van der Waals surface area contributed by atoms with E-state index < -0.39 is 0 Å². The van der Waals surface area contributed by atoms with Gasteiger partial charge in [0.25, 0.3) is 0 Å². The first-order valence-corrected chi connectivity index (χ1v) is 6.94. The van der Waals surface area contributed by atoms with Crippen molar-refractivity contribution in [3.63, 3.8) is 0 Å². The number of hydrogen-bond acceptors (Lipinski definition) is 3. The summed E-state index contributed by atoms with van der Waals surface area (Å²) in [5.41, 5.74) is 1.24. The van der Waals surface area contributed by atoms with E-state index in [-0.39, 0.29) is 24.0 Å². The lowest BCUT2D eigenvalue weighted by Gasteiger charge is -2.11. The maximum absolute atomic E-state index is 5.22. The Kier molecular flexibility index (Phi) is 12.1. The Balaban J connectivity index is 0.00000400. The molecule has 0 unspecified atom stereocenters. The van der Waals surface area contributed by atoms with Gasteiger partial charge in [0.05, 0.1) is 20.3 Å². The van der Waals surface area contributed by atoms with Crippen LogP contribution < -0.4 is 15.4 Å². The molecule has 0 heterocycles. The fourth-order valence-electron chi connectivity index (χ4n) is 1.74. The van der Waals surface area contributed by atoms with Crippen LogP contribution in [0.2, 0.25) is 0 Å². The second-order valence-electron chi connectivity index (χ2n) is 4.28. The Bertz CT molecular complexity index is 414. The molecule has 0 aliphatic carbocycles. The molecule has 5 nitrogen and oxygen atoms in total. The summed E-state index contributed by atoms with van der Waals surface area (Å²) in [6.45, 7) is 5.01. The van der Waals surface area contributed by atoms with Crippen LogP contribution in [0.4, 0.5) is 0 Å². The molecule has 0 radical (unpaired) electrons. The van der Waals surface area contributed by atoms with Crippen molar-refractivity contribution in [3.05, 3.63) is 29.8 Å². The molecular formula is C15H26IN3O2. The van der Waals surface area contributed by atoms with E-state index in [2.05, 4.69) is 34.7 Å². The molecule has 0 aliphatic heterocycles. The van der Waals surface area contributed by atoms with E-state index in [0.29, 0.717) is 13.2 Å². The Morgan fingerprint density at radius 2 is 2.05 bits per heavy atom. The summed E-state index contributed by atoms with van der Waals surface area (Å²) in [4.78, 5) is 4.41. The van der Waals surface area contributed by atoms with Gasteiger partial charge < -0.3 is 20.1 Å². The molecule has 21 heavy (non-hydrogen) atoms. The maximum Gasteiger partial charge on any atom is 0.191 e. The van der Waals surface area contributed by atoms with E-state index in [0.717, 1.165) is 31.2 Å². The van der Waals surface area contributed by atoms with Gasteiger partial charge in [0.2, 0.25) is 0 Å². The lowest BCUT2D eigenvalue weighted by atomic mass is 10.1. The smallest absolute Gasteiger partial charge is 0.191 e. The Morgan fingerprint density at radius 1 is 1.24 bits per heavy atom. The van der Waals surface area contributed by atoms with Gasteiger partial charge in [-0.1, -0.05) is 12.1 Å². The molecule has 0 fully saturated rings. The van der Waals surface area contributed by atoms with Gasteiger partial charge in [0.1, 0.15) is 5.75 Å². The highest BCUT2D eigenvalue weighted by Crippen LogP contribution is 2.12. The van der Waals surface area contributed by atoms with Gasteiger partial charge in [-0.25, -0.2) is 0 Å². The van der Waals surface area contributed by atoms with Crippen LogP contribution in [-0.4, -0.2) is 46.4 Å². The minimum Gasteiger partial charge on any atom is -0.497 e. The number of rotatable bonds is 8. The minimum atomic E-state index is 0. The molecule has 0 amide bonds. The summed E-state index contributed by atoms with van der Waals surface area (Å²) in [6, 6.07) is 8.11. The molecule has 0 aromatic heterocycles. The van der Waals surface area contributed by atoms with E-state index in [1.807, 2.05) is 12.1 Å². The monoisotopic (exact) mass is 407 g/mol. The highest BCUT2D eigenvalue weighted by atomic mass is 127. The summed E-state index contributed by atoms with van der Waals surface area (Å²) < 4.78 is 10.2. The number of benzene rings is 1. The normalized spacial score (nSPS) is 10.7. The lowest BCUT2D eigenvalue weighted by Crippen LogP contribution is -2.38. The number of nitrogens with zero attached hydrogens (tertiary/aromatic N) is 1. The predicted octanol–water partition coefficient (Wildman–Crippen LogP) is 2.06. The summed E-state index contributed by atoms with van der Waals surface area (Å²) in [5.74, 6) is 1.72. The molecule has 0 spiro atoms. The fourth-order valence-corrected chi connectivity index (χ4v) is 1.74. The first-order valence-electron chi connectivity index (χ1n) is 6.94. The van der Waals surface area contributed by atoms with Gasteiger partial charge in [0.15, 0.2) is 5.96 Å². The van der Waals surface area contributed by atoms with Crippen molar-refractivity contribution < 1.29 is 9.47 Å². The molecule has 6 heteroatoms. The third-order valence-electron chi connectivity index (χ3n) is 2.75. The zero-order chi connectivity index (χ0) is 14.6. The molecule has 1 rings (SSSR count). The second kappa shape index (κ2) is 12.7. The first kappa shape index (κ1) is 20.0. The molecule has 1 aromatic rings. The van der Waals surface area contributed by atoms with Crippen LogP contribution in [0.3, 0.4) is 0 Å². The van der Waals surface area contributed by atoms with E-state index in [1.54, 1.807) is 14.2 Å². The zero-order valence-electron chi connectivity index (χ0n) is 13.0. The Morgan fingerprint density at radius 3 is 2.71 bits per heavy atom. The largest absolute Gasteiger partial charge is 0.497 e. The van der Waals surface area contributed by atoms with Crippen molar-refractivity contribution in [2.75, 3.05) is 40.5 Å². The van der Waals surface area contributed by atoms with Crippen LogP contribution in [0, 0.1) is 0 Å². The highest BCUT2D eigenvalue weighted by Gasteiger charge is 1.99. The number of methoxy groups -OCH3 is 2. The number of aliphatic imine (C=N–C) groups is 1. The third kappa shape index (κ3) is 8.77. The number of ether oxygens (including phenoxy) is 2. The van der Waals surface area contributed by atoms with Gasteiger partial charge in [-0.3, -0.25) is 4.99 Å². The summed E-state index contributed by atoms with van der Waals surface area (Å²) in [7, 11) is 3.36. The average molecular weight is 407 g/mol. The standard InChI is InChI=1S/C15H25N3O2.HI/c1-4-16-15(18-10-11-19-2)17-9-8-13-6-5-7-14(12-13)20-3;/h5-7,12H,4,8-11H2,1-3H3,(H2,16,17,18);1H. The van der Waals surface area contributed by atoms with Gasteiger partial charge in [0, 0.05) is 20.2 Å². The summed E-state index contributed by atoms with van der Waals surface area (Å²) >= 11 is 0. The van der Waals surface area contributed by atoms with Crippen LogP contribution in [-0.2, 0) is 11.2 Å². The van der Waals surface area contributed by atoms with Crippen molar-refractivity contribution in [2.45, 2.75) is 13.3 Å². The number of halogens is 1. The number of guanidine groups is 1. The van der Waals surface area contributed by atoms with Crippen molar-refractivity contribution in [1.82, 2.24) is 10.6 Å². The average Bonchev–Trinajstić information content (AvgIpc) is 2.48. The molecule has 0 saturated heterocycles. The fraction of sp³-hybridized carbons (Fsp3) is 0.533. The van der Waals surface area contributed by atoms with Gasteiger partial charge in [-0.05, 0) is 31.0 Å². The molecule has 120 valence electrons. The molecule has 0 atom stereocenters. The molecule has 0 bridgehead atoms. The van der Waals surface area contributed by atoms with Crippen molar-refractivity contribution in [1.29, 1.82) is 0 Å². The minimum absolute atomic E-state index is 0. The second-order valence-corrected chi connectivity index (χ2v) is 4.28. The molecule has 0 saturated carbocycles. The molecular weight excluding hydrogens is 381 g/mol. The van der Waals surface area contributed by atoms with E-state index in [9.17, 15) is 0 Å². The van der Waals surface area contributed by atoms with Crippen molar-refractivity contribution >= 4 is 29.9 Å². The Labute approximate surface area is 144 Å². The number of hydrogen-bond donors (Lipinski definition) is 2. The van der Waals surface area contributed by atoms with Gasteiger partial charge in [-0.2, -0.15) is 0 Å². The van der Waals surface area contributed by atoms with Crippen LogP contribution in [0.1, 0.15) is 12.5 Å². The third-order valence-corrected chi connectivity index (χ3v) is 2.75. The van der Waals surface area contributed by atoms with Gasteiger partial charge >= 0.3 is 0 Å². The Hall–Kier alpha value is -1.02. The predicted molar refractivity (Wildman–Crippen MR) is 98.0 cm³/mol. The van der Waals surface area contributed by atoms with Crippen molar-refractivity contribution in [3.8, 4) is 5.75 Å². The van der Waals surface area contributed by atoms with Crippen LogP contribution >= 0.6 is 24.0 Å². The van der Waals surface area contributed by atoms with Crippen LogP contribution in [0.15, 0.2) is 29.3 Å². The van der Waals surface area contributed by atoms with E-state index >= 15 is 0 Å². The molecule has 0 aliphatic rings.